The lowest BCUT2D eigenvalue weighted by Gasteiger charge is -2.29. The van der Waals surface area contributed by atoms with Gasteiger partial charge in [-0.05, 0) is 53.4 Å². The first-order chi connectivity index (χ1) is 7.98. The third-order valence-corrected chi connectivity index (χ3v) is 4.43. The van der Waals surface area contributed by atoms with Crippen LogP contribution in [0.2, 0.25) is 0 Å². The normalized spacial score (nSPS) is 17.2. The number of benzene rings is 1. The van der Waals surface area contributed by atoms with Gasteiger partial charge in [-0.1, -0.05) is 0 Å². The molecule has 0 aliphatic carbocycles. The van der Waals surface area contributed by atoms with Crippen LogP contribution in [0.15, 0.2) is 27.6 Å². The highest BCUT2D eigenvalue weighted by atomic mass is 79.9. The molecule has 2 rings (SSSR count). The summed E-state index contributed by atoms with van der Waals surface area (Å²) in [7, 11) is -4.13. The Morgan fingerprint density at radius 3 is 2.41 bits per heavy atom. The van der Waals surface area contributed by atoms with E-state index in [4.69, 9.17) is 4.55 Å². The number of piperidine rings is 1. The van der Waals surface area contributed by atoms with Crippen molar-refractivity contribution in [1.29, 1.82) is 0 Å². The summed E-state index contributed by atoms with van der Waals surface area (Å²) in [6.45, 7) is 1.85. The average molecular weight is 320 g/mol. The summed E-state index contributed by atoms with van der Waals surface area (Å²) >= 11 is 3.41. The number of nitrogens with zero attached hydrogens (tertiary/aromatic N) is 1. The van der Waals surface area contributed by atoms with E-state index in [1.165, 1.54) is 18.6 Å². The van der Waals surface area contributed by atoms with Crippen LogP contribution in [0.25, 0.3) is 0 Å². The van der Waals surface area contributed by atoms with Crippen LogP contribution in [-0.4, -0.2) is 26.1 Å². The molecule has 1 saturated heterocycles. The van der Waals surface area contributed by atoms with Crippen LogP contribution >= 0.6 is 15.9 Å². The Labute approximate surface area is 110 Å². The first kappa shape index (κ1) is 12.9. The van der Waals surface area contributed by atoms with Crippen molar-refractivity contribution in [2.24, 2.45) is 0 Å². The Kier molecular flexibility index (Phi) is 3.75. The summed E-state index contributed by atoms with van der Waals surface area (Å²) < 4.78 is 32.1. The average Bonchev–Trinajstić information content (AvgIpc) is 2.29. The zero-order valence-corrected chi connectivity index (χ0v) is 11.7. The smallest absolute Gasteiger partial charge is 0.294 e. The van der Waals surface area contributed by atoms with Gasteiger partial charge in [0, 0.05) is 17.6 Å². The maximum absolute atomic E-state index is 11.1. The van der Waals surface area contributed by atoms with Crippen LogP contribution < -0.4 is 4.90 Å². The van der Waals surface area contributed by atoms with Crippen molar-refractivity contribution in [3.05, 3.63) is 22.7 Å². The molecule has 6 heteroatoms. The SMILES string of the molecule is O=S(=O)(O)c1ccc(Br)c(N2CCCCC2)c1. The summed E-state index contributed by atoms with van der Waals surface area (Å²) in [4.78, 5) is 2.09. The van der Waals surface area contributed by atoms with Gasteiger partial charge in [0.2, 0.25) is 0 Å². The number of rotatable bonds is 2. The van der Waals surface area contributed by atoms with Gasteiger partial charge in [0.05, 0.1) is 10.6 Å². The molecule has 0 bridgehead atoms. The summed E-state index contributed by atoms with van der Waals surface area (Å²) in [5.74, 6) is 0. The fourth-order valence-electron chi connectivity index (χ4n) is 2.03. The lowest BCUT2D eigenvalue weighted by atomic mass is 10.1. The summed E-state index contributed by atoms with van der Waals surface area (Å²) in [5, 5.41) is 0. The molecule has 4 nitrogen and oxygen atoms in total. The molecule has 1 N–H and O–H groups in total. The lowest BCUT2D eigenvalue weighted by molar-refractivity contribution is 0.483. The molecule has 0 aromatic heterocycles. The topological polar surface area (TPSA) is 57.6 Å². The molecule has 1 aromatic rings. The minimum atomic E-state index is -4.13. The van der Waals surface area contributed by atoms with E-state index in [9.17, 15) is 8.42 Å². The van der Waals surface area contributed by atoms with Crippen LogP contribution in [0, 0.1) is 0 Å². The van der Waals surface area contributed by atoms with Crippen molar-refractivity contribution >= 4 is 31.7 Å². The van der Waals surface area contributed by atoms with Crippen LogP contribution in [0.5, 0.6) is 0 Å². The molecule has 1 heterocycles. The number of anilines is 1. The van der Waals surface area contributed by atoms with Gasteiger partial charge in [-0.3, -0.25) is 4.55 Å². The highest BCUT2D eigenvalue weighted by molar-refractivity contribution is 9.10. The predicted molar refractivity (Wildman–Crippen MR) is 70.0 cm³/mol. The largest absolute Gasteiger partial charge is 0.371 e. The van der Waals surface area contributed by atoms with Crippen molar-refractivity contribution in [2.75, 3.05) is 18.0 Å². The van der Waals surface area contributed by atoms with Crippen LogP contribution in [-0.2, 0) is 10.1 Å². The quantitative estimate of drug-likeness (QED) is 0.851. The minimum Gasteiger partial charge on any atom is -0.371 e. The van der Waals surface area contributed by atoms with Crippen molar-refractivity contribution in [3.8, 4) is 0 Å². The maximum atomic E-state index is 11.1. The second kappa shape index (κ2) is 4.96. The van der Waals surface area contributed by atoms with E-state index in [0.717, 1.165) is 36.1 Å². The zero-order chi connectivity index (χ0) is 12.5. The zero-order valence-electron chi connectivity index (χ0n) is 9.26. The van der Waals surface area contributed by atoms with Crippen molar-refractivity contribution in [3.63, 3.8) is 0 Å². The Bertz CT molecular complexity index is 509. The highest BCUT2D eigenvalue weighted by Crippen LogP contribution is 2.30. The van der Waals surface area contributed by atoms with E-state index >= 15 is 0 Å². The van der Waals surface area contributed by atoms with Crippen LogP contribution in [0.1, 0.15) is 19.3 Å². The van der Waals surface area contributed by atoms with E-state index in [-0.39, 0.29) is 4.90 Å². The molecule has 1 aromatic carbocycles. The first-order valence-electron chi connectivity index (χ1n) is 5.50. The molecule has 94 valence electrons. The van der Waals surface area contributed by atoms with Crippen LogP contribution in [0.3, 0.4) is 0 Å². The van der Waals surface area contributed by atoms with Crippen molar-refractivity contribution in [1.82, 2.24) is 0 Å². The van der Waals surface area contributed by atoms with Gasteiger partial charge in [0.1, 0.15) is 0 Å². The molecule has 1 aliphatic heterocycles. The lowest BCUT2D eigenvalue weighted by Crippen LogP contribution is -2.29. The van der Waals surface area contributed by atoms with Gasteiger partial charge in [0.25, 0.3) is 10.1 Å². The van der Waals surface area contributed by atoms with Gasteiger partial charge < -0.3 is 4.90 Å². The fraction of sp³-hybridized carbons (Fsp3) is 0.455. The Balaban J connectivity index is 2.38. The third kappa shape index (κ3) is 3.00. The molecular weight excluding hydrogens is 306 g/mol. The minimum absolute atomic E-state index is 0.0544. The molecule has 0 saturated carbocycles. The Morgan fingerprint density at radius 2 is 1.82 bits per heavy atom. The van der Waals surface area contributed by atoms with Crippen LogP contribution in [0.4, 0.5) is 5.69 Å². The number of halogens is 1. The summed E-state index contributed by atoms with van der Waals surface area (Å²) in [6.07, 6.45) is 3.44. The monoisotopic (exact) mass is 319 g/mol. The maximum Gasteiger partial charge on any atom is 0.294 e. The van der Waals surface area contributed by atoms with Gasteiger partial charge in [0.15, 0.2) is 0 Å². The number of hydrogen-bond acceptors (Lipinski definition) is 3. The number of hydrogen-bond donors (Lipinski definition) is 1. The molecule has 0 amide bonds. The van der Waals surface area contributed by atoms with Crippen molar-refractivity contribution in [2.45, 2.75) is 24.2 Å². The van der Waals surface area contributed by atoms with Crippen molar-refractivity contribution < 1.29 is 13.0 Å². The molecule has 0 unspecified atom stereocenters. The molecular formula is C11H14BrNO3S. The second-order valence-electron chi connectivity index (χ2n) is 4.14. The van der Waals surface area contributed by atoms with E-state index in [1.807, 2.05) is 0 Å². The second-order valence-corrected chi connectivity index (χ2v) is 6.41. The summed E-state index contributed by atoms with van der Waals surface area (Å²) in [6, 6.07) is 4.57. The Hall–Kier alpha value is -0.590. The molecule has 1 fully saturated rings. The summed E-state index contributed by atoms with van der Waals surface area (Å²) in [5.41, 5.74) is 0.833. The van der Waals surface area contributed by atoms with E-state index in [0.29, 0.717) is 0 Å². The van der Waals surface area contributed by atoms with E-state index < -0.39 is 10.1 Å². The Morgan fingerprint density at radius 1 is 1.18 bits per heavy atom. The predicted octanol–water partition coefficient (Wildman–Crippen LogP) is 2.69. The van der Waals surface area contributed by atoms with E-state index in [1.54, 1.807) is 6.07 Å². The van der Waals surface area contributed by atoms with Gasteiger partial charge >= 0.3 is 0 Å². The van der Waals surface area contributed by atoms with E-state index in [2.05, 4.69) is 20.8 Å². The molecule has 0 atom stereocenters. The van der Waals surface area contributed by atoms with Gasteiger partial charge in [-0.2, -0.15) is 8.42 Å². The van der Waals surface area contributed by atoms with Gasteiger partial charge in [-0.15, -0.1) is 0 Å². The molecule has 0 radical (unpaired) electrons. The highest BCUT2D eigenvalue weighted by Gasteiger charge is 2.17. The third-order valence-electron chi connectivity index (χ3n) is 2.91. The molecule has 0 spiro atoms. The first-order valence-corrected chi connectivity index (χ1v) is 7.74. The fourth-order valence-corrected chi connectivity index (χ4v) is 3.03. The van der Waals surface area contributed by atoms with Gasteiger partial charge in [-0.25, -0.2) is 0 Å². The molecule has 17 heavy (non-hydrogen) atoms. The standard InChI is InChI=1S/C11H14BrNO3S/c12-10-5-4-9(17(14,15)16)8-11(10)13-6-2-1-3-7-13/h4-5,8H,1-3,6-7H2,(H,14,15,16). The molecule has 1 aliphatic rings.